The van der Waals surface area contributed by atoms with E-state index in [1.807, 2.05) is 49.4 Å². The SMILES string of the molecule is Cc1ccc(NC(c2ccc(Cl)c(Cl)c2)c2ccc3cccnc3c2O)nc1. The topological polar surface area (TPSA) is 58.0 Å². The zero-order valence-corrected chi connectivity index (χ0v) is 16.5. The lowest BCUT2D eigenvalue weighted by atomic mass is 9.96. The average molecular weight is 410 g/mol. The van der Waals surface area contributed by atoms with Gasteiger partial charge in [-0.15, -0.1) is 0 Å². The first kappa shape index (κ1) is 18.5. The summed E-state index contributed by atoms with van der Waals surface area (Å²) in [5.41, 5.74) is 3.13. The number of aromatic hydroxyl groups is 1. The summed E-state index contributed by atoms with van der Waals surface area (Å²) in [7, 11) is 0. The monoisotopic (exact) mass is 409 g/mol. The molecule has 140 valence electrons. The van der Waals surface area contributed by atoms with Gasteiger partial charge in [0.05, 0.1) is 16.1 Å². The summed E-state index contributed by atoms with van der Waals surface area (Å²) in [6.07, 6.45) is 3.45. The van der Waals surface area contributed by atoms with Gasteiger partial charge in [-0.05, 0) is 42.3 Å². The first-order valence-corrected chi connectivity index (χ1v) is 9.49. The largest absolute Gasteiger partial charge is 0.505 e. The molecule has 6 heteroatoms. The molecule has 28 heavy (non-hydrogen) atoms. The predicted octanol–water partition coefficient (Wildman–Crippen LogP) is 6.15. The maximum Gasteiger partial charge on any atom is 0.147 e. The molecule has 0 aliphatic rings. The average Bonchev–Trinajstić information content (AvgIpc) is 2.71. The van der Waals surface area contributed by atoms with E-state index >= 15 is 0 Å². The normalized spacial score (nSPS) is 12.1. The molecule has 2 aromatic carbocycles. The van der Waals surface area contributed by atoms with E-state index in [1.165, 1.54) is 0 Å². The molecule has 0 fully saturated rings. The summed E-state index contributed by atoms with van der Waals surface area (Å²) in [6, 6.07) is 16.5. The Morgan fingerprint density at radius 1 is 0.964 bits per heavy atom. The van der Waals surface area contributed by atoms with Gasteiger partial charge in [-0.1, -0.05) is 53.5 Å². The summed E-state index contributed by atoms with van der Waals surface area (Å²) >= 11 is 12.3. The second-order valence-corrected chi connectivity index (χ2v) is 7.36. The summed E-state index contributed by atoms with van der Waals surface area (Å²) in [6.45, 7) is 1.98. The fraction of sp³-hybridized carbons (Fsp3) is 0.0909. The first-order valence-electron chi connectivity index (χ1n) is 8.73. The summed E-state index contributed by atoms with van der Waals surface area (Å²) in [4.78, 5) is 8.76. The Morgan fingerprint density at radius 3 is 2.57 bits per heavy atom. The van der Waals surface area contributed by atoms with Crippen molar-refractivity contribution in [3.63, 3.8) is 0 Å². The second-order valence-electron chi connectivity index (χ2n) is 6.55. The van der Waals surface area contributed by atoms with E-state index in [2.05, 4.69) is 15.3 Å². The minimum absolute atomic E-state index is 0.119. The van der Waals surface area contributed by atoms with Crippen LogP contribution in [0, 0.1) is 6.92 Å². The highest BCUT2D eigenvalue weighted by Crippen LogP contribution is 2.37. The van der Waals surface area contributed by atoms with Crippen molar-refractivity contribution in [1.29, 1.82) is 0 Å². The number of nitrogens with one attached hydrogen (secondary N) is 1. The lowest BCUT2D eigenvalue weighted by Crippen LogP contribution is -2.14. The minimum Gasteiger partial charge on any atom is -0.505 e. The molecule has 4 nitrogen and oxygen atoms in total. The highest BCUT2D eigenvalue weighted by molar-refractivity contribution is 6.42. The molecule has 0 spiro atoms. The number of fused-ring (bicyclic) bond motifs is 1. The maximum absolute atomic E-state index is 10.9. The predicted molar refractivity (Wildman–Crippen MR) is 114 cm³/mol. The van der Waals surface area contributed by atoms with E-state index in [4.69, 9.17) is 23.2 Å². The Labute approximate surface area is 172 Å². The molecule has 2 heterocycles. The maximum atomic E-state index is 10.9. The number of aromatic nitrogens is 2. The van der Waals surface area contributed by atoms with Crippen molar-refractivity contribution in [3.8, 4) is 5.75 Å². The fourth-order valence-electron chi connectivity index (χ4n) is 3.11. The molecule has 0 bridgehead atoms. The van der Waals surface area contributed by atoms with Crippen LogP contribution in [-0.2, 0) is 0 Å². The van der Waals surface area contributed by atoms with Crippen molar-refractivity contribution in [2.45, 2.75) is 13.0 Å². The van der Waals surface area contributed by atoms with Crippen LogP contribution in [0.25, 0.3) is 10.9 Å². The molecule has 0 aliphatic carbocycles. The summed E-state index contributed by atoms with van der Waals surface area (Å²) in [5.74, 6) is 0.802. The van der Waals surface area contributed by atoms with Crippen LogP contribution in [0.4, 0.5) is 5.82 Å². The Hall–Kier alpha value is -2.82. The van der Waals surface area contributed by atoms with E-state index in [0.29, 0.717) is 26.9 Å². The third-order valence-corrected chi connectivity index (χ3v) is 5.31. The van der Waals surface area contributed by atoms with Crippen molar-refractivity contribution in [2.75, 3.05) is 5.32 Å². The van der Waals surface area contributed by atoms with Crippen molar-refractivity contribution >= 4 is 39.9 Å². The van der Waals surface area contributed by atoms with Crippen molar-refractivity contribution in [1.82, 2.24) is 9.97 Å². The Balaban J connectivity index is 1.85. The molecule has 1 atom stereocenters. The van der Waals surface area contributed by atoms with Crippen LogP contribution < -0.4 is 5.32 Å². The molecular weight excluding hydrogens is 393 g/mol. The molecule has 0 amide bonds. The molecule has 4 aromatic rings. The van der Waals surface area contributed by atoms with Gasteiger partial charge in [0.1, 0.15) is 17.1 Å². The second kappa shape index (κ2) is 7.66. The van der Waals surface area contributed by atoms with Crippen molar-refractivity contribution in [3.05, 3.63) is 93.7 Å². The molecule has 0 aliphatic heterocycles. The summed E-state index contributed by atoms with van der Waals surface area (Å²) in [5, 5.41) is 16.1. The van der Waals surface area contributed by atoms with Crippen LogP contribution in [0.3, 0.4) is 0 Å². The van der Waals surface area contributed by atoms with Gasteiger partial charge in [-0.3, -0.25) is 4.98 Å². The lowest BCUT2D eigenvalue weighted by Gasteiger charge is -2.22. The highest BCUT2D eigenvalue weighted by atomic mass is 35.5. The number of phenols is 1. The molecule has 0 radical (unpaired) electrons. The zero-order valence-electron chi connectivity index (χ0n) is 15.0. The minimum atomic E-state index is -0.392. The molecule has 2 N–H and O–H groups in total. The number of benzene rings is 2. The van der Waals surface area contributed by atoms with Gasteiger partial charge in [0.25, 0.3) is 0 Å². The van der Waals surface area contributed by atoms with Gasteiger partial charge >= 0.3 is 0 Å². The van der Waals surface area contributed by atoms with Crippen molar-refractivity contribution in [2.24, 2.45) is 0 Å². The van der Waals surface area contributed by atoms with Gasteiger partial charge in [0.2, 0.25) is 0 Å². The fourth-order valence-corrected chi connectivity index (χ4v) is 3.42. The van der Waals surface area contributed by atoms with Crippen LogP contribution in [0.5, 0.6) is 5.75 Å². The van der Waals surface area contributed by atoms with Gasteiger partial charge in [-0.25, -0.2) is 4.98 Å². The lowest BCUT2D eigenvalue weighted by molar-refractivity contribution is 0.471. The Kier molecular flexibility index (Phi) is 5.07. The number of rotatable bonds is 4. The molecule has 0 saturated carbocycles. The highest BCUT2D eigenvalue weighted by Gasteiger charge is 2.21. The standard InChI is InChI=1S/C22H17Cl2N3O/c1-13-4-9-19(26-12-13)27-20(15-6-8-17(23)18(24)11-15)16-7-5-14-3-2-10-25-21(14)22(16)28/h2-12,20,28H,1H3,(H,26,27). The van der Waals surface area contributed by atoms with Crippen LogP contribution in [0.2, 0.25) is 10.0 Å². The van der Waals surface area contributed by atoms with Crippen molar-refractivity contribution < 1.29 is 5.11 Å². The Morgan fingerprint density at radius 2 is 1.82 bits per heavy atom. The van der Waals surface area contributed by atoms with Gasteiger partial charge < -0.3 is 10.4 Å². The smallest absolute Gasteiger partial charge is 0.147 e. The number of halogens is 2. The number of pyridine rings is 2. The molecule has 4 rings (SSSR count). The third-order valence-electron chi connectivity index (χ3n) is 4.57. The number of hydrogen-bond acceptors (Lipinski definition) is 4. The van der Waals surface area contributed by atoms with Crippen LogP contribution in [0.1, 0.15) is 22.7 Å². The van der Waals surface area contributed by atoms with E-state index in [9.17, 15) is 5.11 Å². The number of hydrogen-bond donors (Lipinski definition) is 2. The van der Waals surface area contributed by atoms with E-state index in [1.54, 1.807) is 24.5 Å². The summed E-state index contributed by atoms with van der Waals surface area (Å²) < 4.78 is 0. The van der Waals surface area contributed by atoms with E-state index < -0.39 is 6.04 Å². The quantitative estimate of drug-likeness (QED) is 0.424. The van der Waals surface area contributed by atoms with Gasteiger partial charge in [0, 0.05) is 23.3 Å². The number of anilines is 1. The van der Waals surface area contributed by atoms with Crippen LogP contribution in [0.15, 0.2) is 67.0 Å². The number of nitrogens with zero attached hydrogens (tertiary/aromatic N) is 2. The first-order chi connectivity index (χ1) is 13.5. The van der Waals surface area contributed by atoms with Gasteiger partial charge in [0.15, 0.2) is 0 Å². The Bertz CT molecular complexity index is 1150. The third kappa shape index (κ3) is 3.61. The molecule has 0 saturated heterocycles. The molecular formula is C22H17Cl2N3O. The number of phenolic OH excluding ortho intramolecular Hbond substituents is 1. The van der Waals surface area contributed by atoms with Crippen LogP contribution in [-0.4, -0.2) is 15.1 Å². The van der Waals surface area contributed by atoms with Crippen LogP contribution >= 0.6 is 23.2 Å². The number of aryl methyl sites for hydroxylation is 1. The molecule has 2 aromatic heterocycles. The molecule has 1 unspecified atom stereocenters. The van der Waals surface area contributed by atoms with E-state index in [-0.39, 0.29) is 5.75 Å². The zero-order chi connectivity index (χ0) is 19.7. The van der Waals surface area contributed by atoms with Gasteiger partial charge in [-0.2, -0.15) is 0 Å². The van der Waals surface area contributed by atoms with E-state index in [0.717, 1.165) is 16.5 Å².